The molecule has 0 aliphatic carbocycles. The summed E-state index contributed by atoms with van der Waals surface area (Å²) in [6, 6.07) is 0. The highest BCUT2D eigenvalue weighted by Gasteiger charge is 2.11. The lowest BCUT2D eigenvalue weighted by Crippen LogP contribution is -2.33. The second-order valence-corrected chi connectivity index (χ2v) is 2.73. The Balaban J connectivity index is 4.51. The second-order valence-electron chi connectivity index (χ2n) is 2.73. The molecule has 0 saturated heterocycles. The summed E-state index contributed by atoms with van der Waals surface area (Å²) in [4.78, 5) is 11.4. The van der Waals surface area contributed by atoms with Crippen LogP contribution in [0.5, 0.6) is 0 Å². The van der Waals surface area contributed by atoms with E-state index in [1.54, 1.807) is 6.92 Å². The van der Waals surface area contributed by atoms with Crippen molar-refractivity contribution in [2.75, 3.05) is 6.54 Å². The van der Waals surface area contributed by atoms with Crippen molar-refractivity contribution in [3.63, 3.8) is 0 Å². The van der Waals surface area contributed by atoms with Gasteiger partial charge >= 0.3 is 0 Å². The van der Waals surface area contributed by atoms with Gasteiger partial charge in [-0.25, -0.2) is 5.01 Å². The van der Waals surface area contributed by atoms with Gasteiger partial charge in [0, 0.05) is 12.1 Å². The lowest BCUT2D eigenvalue weighted by Gasteiger charge is -2.15. The third-order valence-electron chi connectivity index (χ3n) is 1.27. The van der Waals surface area contributed by atoms with Crippen LogP contribution in [-0.4, -0.2) is 23.4 Å². The minimum Gasteiger partial charge on any atom is -0.369 e. The van der Waals surface area contributed by atoms with Crippen LogP contribution in [0, 0.1) is 0 Å². The Morgan fingerprint density at radius 2 is 2.08 bits per heavy atom. The molecule has 0 radical (unpaired) electrons. The first kappa shape index (κ1) is 11.5. The number of hydrazone groups is 1. The van der Waals surface area contributed by atoms with Gasteiger partial charge in [-0.1, -0.05) is 13.5 Å². The molecule has 0 fully saturated rings. The van der Waals surface area contributed by atoms with Gasteiger partial charge in [-0.3, -0.25) is 4.79 Å². The second kappa shape index (κ2) is 5.18. The summed E-state index contributed by atoms with van der Waals surface area (Å²) >= 11 is 0. The smallest absolute Gasteiger partial charge is 0.269 e. The fourth-order valence-corrected chi connectivity index (χ4v) is 0.768. The van der Waals surface area contributed by atoms with Crippen molar-refractivity contribution >= 4 is 11.9 Å². The predicted octanol–water partition coefficient (Wildman–Crippen LogP) is -0.0105. The van der Waals surface area contributed by atoms with E-state index in [2.05, 4.69) is 11.7 Å². The normalized spacial score (nSPS) is 9.08. The largest absolute Gasteiger partial charge is 0.369 e. The summed E-state index contributed by atoms with van der Waals surface area (Å²) in [6.45, 7) is 7.56. The molecule has 0 saturated carbocycles. The van der Waals surface area contributed by atoms with Crippen molar-refractivity contribution < 1.29 is 4.79 Å². The number of guanidine groups is 1. The van der Waals surface area contributed by atoms with Gasteiger partial charge < -0.3 is 11.5 Å². The molecule has 0 rings (SSSR count). The van der Waals surface area contributed by atoms with E-state index in [1.165, 1.54) is 5.01 Å². The van der Waals surface area contributed by atoms with Crippen LogP contribution in [0.1, 0.15) is 20.3 Å². The average molecular weight is 184 g/mol. The number of nitrogens with two attached hydrogens (primary N) is 2. The topological polar surface area (TPSA) is 84.7 Å². The number of rotatable bonds is 4. The van der Waals surface area contributed by atoms with Crippen LogP contribution in [0.4, 0.5) is 0 Å². The molecule has 0 heterocycles. The standard InChI is InChI=1S/C8H16N4O/c1-4-5-12(11-8(9)10)7(13)6(2)3/h2,4-5H2,1,3H3,(H4,9,10,11). The van der Waals surface area contributed by atoms with Crippen LogP contribution >= 0.6 is 0 Å². The zero-order chi connectivity index (χ0) is 10.4. The van der Waals surface area contributed by atoms with Gasteiger partial charge in [0.05, 0.1) is 0 Å². The van der Waals surface area contributed by atoms with Crippen molar-refractivity contribution in [2.45, 2.75) is 20.3 Å². The van der Waals surface area contributed by atoms with Crippen LogP contribution in [0.3, 0.4) is 0 Å². The number of amides is 1. The van der Waals surface area contributed by atoms with Crippen molar-refractivity contribution in [1.82, 2.24) is 5.01 Å². The van der Waals surface area contributed by atoms with Gasteiger partial charge in [0.2, 0.25) is 5.96 Å². The highest BCUT2D eigenvalue weighted by molar-refractivity contribution is 5.92. The molecule has 4 N–H and O–H groups in total. The van der Waals surface area contributed by atoms with E-state index < -0.39 is 0 Å². The molecule has 0 aliphatic rings. The Morgan fingerprint density at radius 3 is 2.38 bits per heavy atom. The minimum atomic E-state index is -0.254. The number of hydrogen-bond donors (Lipinski definition) is 2. The minimum absolute atomic E-state index is 0.122. The Morgan fingerprint density at radius 1 is 1.54 bits per heavy atom. The van der Waals surface area contributed by atoms with Crippen molar-refractivity contribution in [1.29, 1.82) is 0 Å². The Kier molecular flexibility index (Phi) is 4.58. The number of carbonyl (C=O) groups excluding carboxylic acids is 1. The van der Waals surface area contributed by atoms with Crippen molar-refractivity contribution in [2.24, 2.45) is 16.6 Å². The average Bonchev–Trinajstić information content (AvgIpc) is 2.01. The Bertz CT molecular complexity index is 230. The molecule has 5 nitrogen and oxygen atoms in total. The molecule has 5 heteroatoms. The van der Waals surface area contributed by atoms with Crippen LogP contribution in [0.25, 0.3) is 0 Å². The van der Waals surface area contributed by atoms with Gasteiger partial charge in [0.25, 0.3) is 5.91 Å². The first-order valence-corrected chi connectivity index (χ1v) is 4.06. The van der Waals surface area contributed by atoms with E-state index in [9.17, 15) is 4.79 Å². The number of carbonyl (C=O) groups is 1. The van der Waals surface area contributed by atoms with Gasteiger partial charge in [-0.15, -0.1) is 5.10 Å². The summed E-state index contributed by atoms with van der Waals surface area (Å²) in [5.41, 5.74) is 10.7. The molecule has 0 aliphatic heterocycles. The third-order valence-corrected chi connectivity index (χ3v) is 1.27. The monoisotopic (exact) mass is 184 g/mol. The van der Waals surface area contributed by atoms with E-state index in [0.29, 0.717) is 12.1 Å². The lowest BCUT2D eigenvalue weighted by atomic mass is 10.3. The fourth-order valence-electron chi connectivity index (χ4n) is 0.768. The van der Waals surface area contributed by atoms with Gasteiger partial charge in [0.15, 0.2) is 0 Å². The number of hydrogen-bond acceptors (Lipinski definition) is 2. The number of nitrogens with zero attached hydrogens (tertiary/aromatic N) is 2. The van der Waals surface area contributed by atoms with E-state index >= 15 is 0 Å². The highest BCUT2D eigenvalue weighted by atomic mass is 16.2. The molecule has 1 amide bonds. The summed E-state index contributed by atoms with van der Waals surface area (Å²) in [5, 5.41) is 4.90. The summed E-state index contributed by atoms with van der Waals surface area (Å²) in [6.07, 6.45) is 0.788. The first-order chi connectivity index (χ1) is 5.99. The van der Waals surface area contributed by atoms with Gasteiger partial charge in [-0.05, 0) is 13.3 Å². The molecule has 0 aromatic rings. The van der Waals surface area contributed by atoms with E-state index in [0.717, 1.165) is 6.42 Å². The zero-order valence-electron chi connectivity index (χ0n) is 8.08. The zero-order valence-corrected chi connectivity index (χ0v) is 8.08. The van der Waals surface area contributed by atoms with Crippen LogP contribution < -0.4 is 11.5 Å². The molecule has 0 aromatic heterocycles. The fraction of sp³-hybridized carbons (Fsp3) is 0.500. The summed E-state index contributed by atoms with van der Waals surface area (Å²) in [7, 11) is 0. The molecule has 0 atom stereocenters. The molecule has 0 aromatic carbocycles. The Hall–Kier alpha value is -1.52. The van der Waals surface area contributed by atoms with Crippen molar-refractivity contribution in [3.8, 4) is 0 Å². The first-order valence-electron chi connectivity index (χ1n) is 4.06. The molecular weight excluding hydrogens is 168 g/mol. The maximum atomic E-state index is 11.4. The Labute approximate surface area is 78.1 Å². The predicted molar refractivity (Wildman–Crippen MR) is 52.6 cm³/mol. The quantitative estimate of drug-likeness (QED) is 0.279. The van der Waals surface area contributed by atoms with Crippen LogP contribution in [0.2, 0.25) is 0 Å². The molecule has 0 unspecified atom stereocenters. The molecular formula is C8H16N4O. The van der Waals surface area contributed by atoms with Crippen molar-refractivity contribution in [3.05, 3.63) is 12.2 Å². The SMILES string of the molecule is C=C(C)C(=O)N(CCC)N=C(N)N. The van der Waals surface area contributed by atoms with Crippen LogP contribution in [0.15, 0.2) is 17.3 Å². The van der Waals surface area contributed by atoms with E-state index in [-0.39, 0.29) is 11.9 Å². The molecule has 0 spiro atoms. The molecule has 74 valence electrons. The van der Waals surface area contributed by atoms with Gasteiger partial charge in [0.1, 0.15) is 0 Å². The summed E-state index contributed by atoms with van der Waals surface area (Å²) < 4.78 is 0. The van der Waals surface area contributed by atoms with Gasteiger partial charge in [-0.2, -0.15) is 0 Å². The third kappa shape index (κ3) is 4.15. The highest BCUT2D eigenvalue weighted by Crippen LogP contribution is 2.00. The van der Waals surface area contributed by atoms with Crippen LogP contribution in [-0.2, 0) is 4.79 Å². The summed E-state index contributed by atoms with van der Waals surface area (Å²) in [5.74, 6) is -0.377. The maximum Gasteiger partial charge on any atom is 0.269 e. The maximum absolute atomic E-state index is 11.4. The van der Waals surface area contributed by atoms with E-state index in [1.807, 2.05) is 6.92 Å². The molecule has 0 bridgehead atoms. The van der Waals surface area contributed by atoms with E-state index in [4.69, 9.17) is 11.5 Å². The lowest BCUT2D eigenvalue weighted by molar-refractivity contribution is -0.127. The molecule has 13 heavy (non-hydrogen) atoms.